The molecule has 4 fully saturated rings. The Kier molecular flexibility index (Phi) is 5.76. The molecular formula is C25H42O2. The molecule has 0 aliphatic heterocycles. The minimum absolute atomic E-state index is 0.0309. The van der Waals surface area contributed by atoms with Crippen LogP contribution in [0.1, 0.15) is 104 Å². The van der Waals surface area contributed by atoms with Gasteiger partial charge in [-0.3, -0.25) is 4.79 Å². The normalized spacial score (nSPS) is 46.6. The van der Waals surface area contributed by atoms with Gasteiger partial charge in [-0.15, -0.1) is 0 Å². The molecule has 4 aliphatic rings. The first kappa shape index (κ1) is 19.9. The highest BCUT2D eigenvalue weighted by atomic mass is 16.5. The molecule has 4 saturated carbocycles. The molecule has 2 heteroatoms. The zero-order valence-corrected chi connectivity index (χ0v) is 18.1. The van der Waals surface area contributed by atoms with Crippen molar-refractivity contribution >= 4 is 5.78 Å². The molecule has 0 bridgehead atoms. The Morgan fingerprint density at radius 2 is 1.81 bits per heavy atom. The Balaban J connectivity index is 1.37. The molecule has 0 heterocycles. The Morgan fingerprint density at radius 1 is 0.963 bits per heavy atom. The van der Waals surface area contributed by atoms with E-state index in [9.17, 15) is 4.79 Å². The molecule has 2 nitrogen and oxygen atoms in total. The van der Waals surface area contributed by atoms with Crippen LogP contribution in [0.5, 0.6) is 0 Å². The van der Waals surface area contributed by atoms with E-state index in [1.807, 2.05) is 0 Å². The summed E-state index contributed by atoms with van der Waals surface area (Å²) in [6.07, 6.45) is 16.9. The van der Waals surface area contributed by atoms with Gasteiger partial charge in [0.25, 0.3) is 0 Å². The predicted molar refractivity (Wildman–Crippen MR) is 111 cm³/mol. The highest BCUT2D eigenvalue weighted by molar-refractivity contribution is 5.87. The lowest BCUT2D eigenvalue weighted by atomic mass is 9.45. The van der Waals surface area contributed by atoms with E-state index in [0.717, 1.165) is 37.2 Å². The maximum atomic E-state index is 12.6. The second-order valence-corrected chi connectivity index (χ2v) is 10.9. The predicted octanol–water partition coefficient (Wildman–Crippen LogP) is 6.56. The van der Waals surface area contributed by atoms with Crippen LogP contribution in [-0.4, -0.2) is 18.5 Å². The van der Waals surface area contributed by atoms with E-state index in [4.69, 9.17) is 4.74 Å². The minimum Gasteiger partial charge on any atom is -0.378 e. The van der Waals surface area contributed by atoms with Crippen LogP contribution < -0.4 is 0 Å². The van der Waals surface area contributed by atoms with Crippen LogP contribution in [0.3, 0.4) is 0 Å². The fourth-order valence-electron chi connectivity index (χ4n) is 7.92. The standard InChI is InChI=1S/C25H42O2/c1-4-5-6-7-16-27-19-12-14-24(2)18(17-19)8-9-20-21-10-11-23(26)25(21,3)15-13-22(20)24/h18-22H,4-17H2,1-3H3/t18?,19-,20+,21+,22+,24+,25+/m1/s1. The van der Waals surface area contributed by atoms with E-state index < -0.39 is 0 Å². The van der Waals surface area contributed by atoms with Crippen molar-refractivity contribution in [3.05, 3.63) is 0 Å². The van der Waals surface area contributed by atoms with E-state index in [1.54, 1.807) is 0 Å². The lowest BCUT2D eigenvalue weighted by Gasteiger charge is -2.60. The first-order valence-corrected chi connectivity index (χ1v) is 12.1. The Labute approximate surface area is 167 Å². The number of hydrogen-bond acceptors (Lipinski definition) is 2. The summed E-state index contributed by atoms with van der Waals surface area (Å²) in [6, 6.07) is 0. The van der Waals surface area contributed by atoms with Gasteiger partial charge in [0.1, 0.15) is 5.78 Å². The van der Waals surface area contributed by atoms with Crippen molar-refractivity contribution in [2.45, 2.75) is 110 Å². The van der Waals surface area contributed by atoms with Gasteiger partial charge in [-0.05, 0) is 86.9 Å². The van der Waals surface area contributed by atoms with Gasteiger partial charge in [0.15, 0.2) is 0 Å². The largest absolute Gasteiger partial charge is 0.378 e. The number of ether oxygens (including phenoxy) is 1. The van der Waals surface area contributed by atoms with Crippen LogP contribution in [0.15, 0.2) is 0 Å². The van der Waals surface area contributed by atoms with Gasteiger partial charge in [0, 0.05) is 18.4 Å². The van der Waals surface area contributed by atoms with Crippen molar-refractivity contribution in [2.75, 3.05) is 6.61 Å². The minimum atomic E-state index is 0.0309. The fourth-order valence-corrected chi connectivity index (χ4v) is 7.92. The second kappa shape index (κ2) is 7.81. The van der Waals surface area contributed by atoms with Gasteiger partial charge < -0.3 is 4.74 Å². The fraction of sp³-hybridized carbons (Fsp3) is 0.960. The molecule has 4 aliphatic carbocycles. The SMILES string of the molecule is CCCCCCO[C@@H]1CC[C@@]2(C)C(CC[C@@H]3[C@@H]2CC[C@]2(C)C(=O)CC[C@@H]32)C1. The molecule has 4 rings (SSSR count). The van der Waals surface area contributed by atoms with Crippen LogP contribution in [0, 0.1) is 34.5 Å². The maximum Gasteiger partial charge on any atom is 0.139 e. The van der Waals surface area contributed by atoms with Crippen molar-refractivity contribution in [2.24, 2.45) is 34.5 Å². The summed E-state index contributed by atoms with van der Waals surface area (Å²) < 4.78 is 6.31. The Bertz CT molecular complexity index is 542. The number of Topliss-reactive ketones (excluding diaryl/α,β-unsaturated/α-hetero) is 1. The Morgan fingerprint density at radius 3 is 2.63 bits per heavy atom. The van der Waals surface area contributed by atoms with Crippen molar-refractivity contribution in [3.8, 4) is 0 Å². The molecule has 7 atom stereocenters. The molecule has 0 aromatic heterocycles. The van der Waals surface area contributed by atoms with E-state index in [0.29, 0.717) is 23.2 Å². The highest BCUT2D eigenvalue weighted by Crippen LogP contribution is 2.65. The summed E-state index contributed by atoms with van der Waals surface area (Å²) >= 11 is 0. The van der Waals surface area contributed by atoms with Crippen molar-refractivity contribution in [1.82, 2.24) is 0 Å². The molecule has 0 aromatic rings. The Hall–Kier alpha value is -0.370. The summed E-state index contributed by atoms with van der Waals surface area (Å²) in [5, 5.41) is 0. The maximum absolute atomic E-state index is 12.6. The van der Waals surface area contributed by atoms with Crippen molar-refractivity contribution in [1.29, 1.82) is 0 Å². The van der Waals surface area contributed by atoms with E-state index >= 15 is 0 Å². The number of rotatable bonds is 6. The molecule has 0 N–H and O–H groups in total. The van der Waals surface area contributed by atoms with Crippen LogP contribution in [0.25, 0.3) is 0 Å². The summed E-state index contributed by atoms with van der Waals surface area (Å²) in [5.41, 5.74) is 0.543. The summed E-state index contributed by atoms with van der Waals surface area (Å²) in [4.78, 5) is 12.6. The third-order valence-electron chi connectivity index (χ3n) is 9.68. The summed E-state index contributed by atoms with van der Waals surface area (Å²) in [6.45, 7) is 8.17. The summed E-state index contributed by atoms with van der Waals surface area (Å²) in [5.74, 6) is 3.82. The van der Waals surface area contributed by atoms with Crippen LogP contribution in [-0.2, 0) is 9.53 Å². The number of fused-ring (bicyclic) bond motifs is 5. The lowest BCUT2D eigenvalue weighted by Crippen LogP contribution is -2.54. The van der Waals surface area contributed by atoms with Gasteiger partial charge in [-0.1, -0.05) is 40.0 Å². The van der Waals surface area contributed by atoms with E-state index in [-0.39, 0.29) is 5.41 Å². The zero-order valence-electron chi connectivity index (χ0n) is 18.1. The quantitative estimate of drug-likeness (QED) is 0.492. The van der Waals surface area contributed by atoms with Crippen LogP contribution in [0.2, 0.25) is 0 Å². The number of carbonyl (C=O) groups excluding carboxylic acids is 1. The molecule has 0 radical (unpaired) electrons. The van der Waals surface area contributed by atoms with Gasteiger partial charge in [-0.25, -0.2) is 0 Å². The molecule has 1 unspecified atom stereocenters. The molecule has 0 aromatic carbocycles. The van der Waals surface area contributed by atoms with E-state index in [1.165, 1.54) is 70.6 Å². The smallest absolute Gasteiger partial charge is 0.139 e. The first-order valence-electron chi connectivity index (χ1n) is 12.1. The second-order valence-electron chi connectivity index (χ2n) is 10.9. The zero-order chi connectivity index (χ0) is 19.1. The van der Waals surface area contributed by atoms with E-state index in [2.05, 4.69) is 20.8 Å². The molecular weight excluding hydrogens is 332 g/mol. The third-order valence-corrected chi connectivity index (χ3v) is 9.68. The van der Waals surface area contributed by atoms with Gasteiger partial charge in [0.2, 0.25) is 0 Å². The average molecular weight is 375 g/mol. The topological polar surface area (TPSA) is 26.3 Å². The van der Waals surface area contributed by atoms with Crippen molar-refractivity contribution in [3.63, 3.8) is 0 Å². The average Bonchev–Trinajstić information content (AvgIpc) is 2.97. The molecule has 27 heavy (non-hydrogen) atoms. The van der Waals surface area contributed by atoms with Crippen LogP contribution >= 0.6 is 0 Å². The number of carbonyl (C=O) groups is 1. The van der Waals surface area contributed by atoms with Gasteiger partial charge in [-0.2, -0.15) is 0 Å². The third kappa shape index (κ3) is 3.43. The molecule has 0 saturated heterocycles. The molecule has 0 amide bonds. The first-order chi connectivity index (χ1) is 13.0. The lowest BCUT2D eigenvalue weighted by molar-refractivity contribution is -0.145. The van der Waals surface area contributed by atoms with Gasteiger partial charge in [0.05, 0.1) is 6.10 Å². The highest BCUT2D eigenvalue weighted by Gasteiger charge is 2.60. The van der Waals surface area contributed by atoms with Crippen LogP contribution in [0.4, 0.5) is 0 Å². The number of hydrogen-bond donors (Lipinski definition) is 0. The van der Waals surface area contributed by atoms with Gasteiger partial charge >= 0.3 is 0 Å². The monoisotopic (exact) mass is 374 g/mol. The number of ketones is 1. The summed E-state index contributed by atoms with van der Waals surface area (Å²) in [7, 11) is 0. The molecule has 154 valence electrons. The van der Waals surface area contributed by atoms with Crippen molar-refractivity contribution < 1.29 is 9.53 Å². The molecule has 0 spiro atoms. The number of unbranched alkanes of at least 4 members (excludes halogenated alkanes) is 3.